The van der Waals surface area contributed by atoms with Gasteiger partial charge < -0.3 is 4.90 Å². The molecule has 1 amide bonds. The molecular formula is C21H22N4O. The lowest BCUT2D eigenvalue weighted by Gasteiger charge is -2.38. The summed E-state index contributed by atoms with van der Waals surface area (Å²) in [5.41, 5.74) is 2.71. The lowest BCUT2D eigenvalue weighted by atomic mass is 10.0. The monoisotopic (exact) mass is 346 g/mol. The van der Waals surface area contributed by atoms with Gasteiger partial charge in [-0.05, 0) is 67.6 Å². The SMILES string of the molecule is N#Cc1ccc(N2CCC[C@@H](N(Cc3ccncc3)C3CC3)C2=O)cc1. The summed E-state index contributed by atoms with van der Waals surface area (Å²) in [7, 11) is 0. The van der Waals surface area contributed by atoms with E-state index < -0.39 is 0 Å². The highest BCUT2D eigenvalue weighted by Crippen LogP contribution is 2.34. The van der Waals surface area contributed by atoms with Crippen LogP contribution in [0.5, 0.6) is 0 Å². The molecule has 0 spiro atoms. The summed E-state index contributed by atoms with van der Waals surface area (Å²) >= 11 is 0. The second kappa shape index (κ2) is 7.27. The second-order valence-electron chi connectivity index (χ2n) is 7.07. The van der Waals surface area contributed by atoms with Crippen LogP contribution in [0.15, 0.2) is 48.8 Å². The van der Waals surface area contributed by atoms with E-state index in [1.807, 2.05) is 41.6 Å². The van der Waals surface area contributed by atoms with Gasteiger partial charge in [0.25, 0.3) is 0 Å². The van der Waals surface area contributed by atoms with E-state index in [-0.39, 0.29) is 11.9 Å². The average Bonchev–Trinajstić information content (AvgIpc) is 3.53. The van der Waals surface area contributed by atoms with E-state index in [0.29, 0.717) is 11.6 Å². The van der Waals surface area contributed by atoms with Gasteiger partial charge >= 0.3 is 0 Å². The second-order valence-corrected chi connectivity index (χ2v) is 7.07. The predicted octanol–water partition coefficient (Wildman–Crippen LogP) is 3.11. The maximum Gasteiger partial charge on any atom is 0.244 e. The number of benzene rings is 1. The minimum atomic E-state index is -0.0694. The summed E-state index contributed by atoms with van der Waals surface area (Å²) in [4.78, 5) is 21.6. The number of carbonyl (C=O) groups is 1. The number of amides is 1. The van der Waals surface area contributed by atoms with Crippen molar-refractivity contribution in [3.05, 3.63) is 59.9 Å². The Morgan fingerprint density at radius 2 is 1.85 bits per heavy atom. The molecule has 1 aromatic heterocycles. The van der Waals surface area contributed by atoms with Crippen LogP contribution in [-0.2, 0) is 11.3 Å². The lowest BCUT2D eigenvalue weighted by Crippen LogP contribution is -2.53. The molecule has 1 saturated carbocycles. The van der Waals surface area contributed by atoms with E-state index in [2.05, 4.69) is 16.0 Å². The van der Waals surface area contributed by atoms with Crippen molar-refractivity contribution in [3.63, 3.8) is 0 Å². The number of anilines is 1. The zero-order valence-corrected chi connectivity index (χ0v) is 14.7. The summed E-state index contributed by atoms with van der Waals surface area (Å²) in [5.74, 6) is 0.182. The van der Waals surface area contributed by atoms with Crippen LogP contribution in [0.2, 0.25) is 0 Å². The molecule has 5 heteroatoms. The van der Waals surface area contributed by atoms with Crippen molar-refractivity contribution in [2.75, 3.05) is 11.4 Å². The molecule has 0 unspecified atom stereocenters. The van der Waals surface area contributed by atoms with Gasteiger partial charge in [-0.15, -0.1) is 0 Å². The number of nitriles is 1. The Morgan fingerprint density at radius 1 is 1.12 bits per heavy atom. The highest BCUT2D eigenvalue weighted by Gasteiger charge is 2.40. The van der Waals surface area contributed by atoms with Crippen molar-refractivity contribution in [1.29, 1.82) is 5.26 Å². The molecule has 0 bridgehead atoms. The maximum atomic E-state index is 13.3. The molecule has 132 valence electrons. The molecule has 2 aliphatic rings. The first-order chi connectivity index (χ1) is 12.8. The molecule has 1 aliphatic heterocycles. The van der Waals surface area contributed by atoms with Crippen molar-refractivity contribution in [2.45, 2.75) is 44.3 Å². The number of hydrogen-bond donors (Lipinski definition) is 0. The predicted molar refractivity (Wildman–Crippen MR) is 99.3 cm³/mol. The summed E-state index contributed by atoms with van der Waals surface area (Å²) in [5, 5.41) is 8.97. The van der Waals surface area contributed by atoms with Gasteiger partial charge in [0, 0.05) is 37.2 Å². The molecule has 1 atom stereocenters. The Balaban J connectivity index is 1.54. The Bertz CT molecular complexity index is 808. The van der Waals surface area contributed by atoms with Crippen LogP contribution in [0.1, 0.15) is 36.8 Å². The first kappa shape index (κ1) is 16.7. The average molecular weight is 346 g/mol. The van der Waals surface area contributed by atoms with Crippen LogP contribution in [0.4, 0.5) is 5.69 Å². The third-order valence-corrected chi connectivity index (χ3v) is 5.25. The highest BCUT2D eigenvalue weighted by atomic mass is 16.2. The summed E-state index contributed by atoms with van der Waals surface area (Å²) in [6, 6.07) is 13.9. The Labute approximate surface area is 153 Å². The number of nitrogens with zero attached hydrogens (tertiary/aromatic N) is 4. The van der Waals surface area contributed by atoms with Crippen LogP contribution in [-0.4, -0.2) is 34.4 Å². The van der Waals surface area contributed by atoms with E-state index in [1.54, 1.807) is 12.1 Å². The van der Waals surface area contributed by atoms with Gasteiger partial charge in [-0.3, -0.25) is 14.7 Å². The smallest absolute Gasteiger partial charge is 0.244 e. The van der Waals surface area contributed by atoms with Crippen molar-refractivity contribution < 1.29 is 4.79 Å². The molecule has 5 nitrogen and oxygen atoms in total. The van der Waals surface area contributed by atoms with Gasteiger partial charge in [0.1, 0.15) is 0 Å². The van der Waals surface area contributed by atoms with Crippen LogP contribution < -0.4 is 4.90 Å². The fourth-order valence-electron chi connectivity index (χ4n) is 3.74. The van der Waals surface area contributed by atoms with Gasteiger partial charge in [-0.1, -0.05) is 0 Å². The van der Waals surface area contributed by atoms with Crippen LogP contribution in [0.25, 0.3) is 0 Å². The van der Waals surface area contributed by atoms with Crippen LogP contribution in [0, 0.1) is 11.3 Å². The van der Waals surface area contributed by atoms with E-state index in [1.165, 1.54) is 18.4 Å². The molecule has 0 N–H and O–H groups in total. The normalized spacial score (nSPS) is 20.2. The quantitative estimate of drug-likeness (QED) is 0.835. The van der Waals surface area contributed by atoms with E-state index in [4.69, 9.17) is 5.26 Å². The zero-order chi connectivity index (χ0) is 17.9. The number of piperidine rings is 1. The maximum absolute atomic E-state index is 13.3. The van der Waals surface area contributed by atoms with Gasteiger partial charge in [0.05, 0.1) is 17.7 Å². The number of carbonyl (C=O) groups excluding carboxylic acids is 1. The third kappa shape index (κ3) is 3.47. The number of pyridine rings is 1. The molecule has 1 saturated heterocycles. The topological polar surface area (TPSA) is 60.2 Å². The molecule has 2 aromatic rings. The van der Waals surface area contributed by atoms with E-state index >= 15 is 0 Å². The first-order valence-electron chi connectivity index (χ1n) is 9.22. The number of hydrogen-bond acceptors (Lipinski definition) is 4. The lowest BCUT2D eigenvalue weighted by molar-refractivity contribution is -0.125. The molecule has 2 heterocycles. The first-order valence-corrected chi connectivity index (χ1v) is 9.22. The zero-order valence-electron chi connectivity index (χ0n) is 14.7. The molecular weight excluding hydrogens is 324 g/mol. The van der Waals surface area contributed by atoms with Gasteiger partial charge in [0.15, 0.2) is 0 Å². The van der Waals surface area contributed by atoms with Crippen LogP contribution >= 0.6 is 0 Å². The molecule has 2 fully saturated rings. The van der Waals surface area contributed by atoms with Gasteiger partial charge in [0.2, 0.25) is 5.91 Å². The number of aromatic nitrogens is 1. The summed E-state index contributed by atoms with van der Waals surface area (Å²) < 4.78 is 0. The van der Waals surface area contributed by atoms with Crippen molar-refractivity contribution in [1.82, 2.24) is 9.88 Å². The Kier molecular flexibility index (Phi) is 4.68. The highest BCUT2D eigenvalue weighted by molar-refractivity contribution is 5.98. The van der Waals surface area contributed by atoms with Crippen molar-refractivity contribution in [2.24, 2.45) is 0 Å². The Morgan fingerprint density at radius 3 is 2.50 bits per heavy atom. The Hall–Kier alpha value is -2.71. The molecule has 1 aliphatic carbocycles. The van der Waals surface area contributed by atoms with E-state index in [9.17, 15) is 4.79 Å². The standard InChI is InChI=1S/C21H22N4O/c22-14-16-3-5-18(6-4-16)24-13-1-2-20(21(24)26)25(19-7-8-19)15-17-9-11-23-12-10-17/h3-6,9-12,19-20H,1-2,7-8,13,15H2/t20-/m1/s1. The van der Waals surface area contributed by atoms with E-state index in [0.717, 1.165) is 31.6 Å². The van der Waals surface area contributed by atoms with Crippen LogP contribution in [0.3, 0.4) is 0 Å². The fraction of sp³-hybridized carbons (Fsp3) is 0.381. The third-order valence-electron chi connectivity index (χ3n) is 5.25. The molecule has 26 heavy (non-hydrogen) atoms. The molecule has 0 radical (unpaired) electrons. The van der Waals surface area contributed by atoms with Gasteiger partial charge in [-0.2, -0.15) is 5.26 Å². The largest absolute Gasteiger partial charge is 0.311 e. The minimum Gasteiger partial charge on any atom is -0.311 e. The van der Waals surface area contributed by atoms with Gasteiger partial charge in [-0.25, -0.2) is 0 Å². The number of rotatable bonds is 5. The summed E-state index contributed by atoms with van der Waals surface area (Å²) in [6.07, 6.45) is 7.87. The molecule has 4 rings (SSSR count). The molecule has 1 aromatic carbocycles. The van der Waals surface area contributed by atoms with Crippen molar-refractivity contribution >= 4 is 11.6 Å². The minimum absolute atomic E-state index is 0.0694. The summed E-state index contributed by atoms with van der Waals surface area (Å²) in [6.45, 7) is 1.54. The fourth-order valence-corrected chi connectivity index (χ4v) is 3.74. The van der Waals surface area contributed by atoms with Crippen molar-refractivity contribution in [3.8, 4) is 6.07 Å².